The Labute approximate surface area is 135 Å². The number of carbonyl (C=O) groups is 3. The van der Waals surface area contributed by atoms with Crippen LogP contribution in [-0.4, -0.2) is 28.4 Å². The van der Waals surface area contributed by atoms with Gasteiger partial charge in [0, 0.05) is 6.08 Å². The van der Waals surface area contributed by atoms with Crippen molar-refractivity contribution in [1.82, 2.24) is 0 Å². The highest BCUT2D eigenvalue weighted by molar-refractivity contribution is 6.09. The summed E-state index contributed by atoms with van der Waals surface area (Å²) in [7, 11) is 0. The number of benzene rings is 1. The van der Waals surface area contributed by atoms with E-state index in [1.165, 1.54) is 18.2 Å². The highest BCUT2D eigenvalue weighted by atomic mass is 16.6. The molecule has 122 valence electrons. The number of ether oxygens (including phenoxy) is 1. The van der Waals surface area contributed by atoms with E-state index < -0.39 is 29.2 Å². The van der Waals surface area contributed by atoms with E-state index in [0.717, 1.165) is 6.08 Å². The number of allylic oxidation sites excluding steroid dienone is 1. The van der Waals surface area contributed by atoms with Gasteiger partial charge < -0.3 is 9.84 Å². The molecular weight excluding hydrogens is 296 g/mol. The van der Waals surface area contributed by atoms with Gasteiger partial charge >= 0.3 is 11.9 Å². The molecule has 5 nitrogen and oxygen atoms in total. The highest BCUT2D eigenvalue weighted by Gasteiger charge is 2.27. The maximum atomic E-state index is 11.8. The van der Waals surface area contributed by atoms with Crippen LogP contribution in [0.4, 0.5) is 0 Å². The van der Waals surface area contributed by atoms with E-state index in [2.05, 4.69) is 6.58 Å². The fraction of sp³-hybridized carbons (Fsp3) is 0.278. The first-order valence-electron chi connectivity index (χ1n) is 7.05. The second kappa shape index (κ2) is 7.54. The van der Waals surface area contributed by atoms with Crippen molar-refractivity contribution in [3.8, 4) is 0 Å². The van der Waals surface area contributed by atoms with Gasteiger partial charge in [0.1, 0.15) is 11.5 Å². The Morgan fingerprint density at radius 1 is 1.22 bits per heavy atom. The zero-order valence-corrected chi connectivity index (χ0v) is 13.4. The van der Waals surface area contributed by atoms with Gasteiger partial charge in [0.25, 0.3) is 0 Å². The molecule has 1 unspecified atom stereocenters. The Bertz CT molecular complexity index is 650. The van der Waals surface area contributed by atoms with Gasteiger partial charge in [0.05, 0.1) is 0 Å². The normalized spacial score (nSPS) is 12.7. The average molecular weight is 316 g/mol. The lowest BCUT2D eigenvalue weighted by molar-refractivity contribution is -0.148. The van der Waals surface area contributed by atoms with Gasteiger partial charge in [0.15, 0.2) is 5.78 Å². The maximum Gasteiger partial charge on any atom is 0.331 e. The minimum atomic E-state index is -1.35. The fourth-order valence-corrected chi connectivity index (χ4v) is 1.95. The molecule has 0 fully saturated rings. The zero-order valence-electron chi connectivity index (χ0n) is 13.4. The van der Waals surface area contributed by atoms with Crippen molar-refractivity contribution in [2.24, 2.45) is 0 Å². The molecule has 0 spiro atoms. The van der Waals surface area contributed by atoms with Crippen LogP contribution in [-0.2, 0) is 19.1 Å². The fourth-order valence-electron chi connectivity index (χ4n) is 1.95. The molecule has 0 amide bonds. The lowest BCUT2D eigenvalue weighted by Gasteiger charge is -2.18. The number of hydrogen-bond donors (Lipinski definition) is 1. The number of aliphatic carboxylic acids is 1. The van der Waals surface area contributed by atoms with Gasteiger partial charge in [-0.25, -0.2) is 4.79 Å². The molecule has 0 saturated carbocycles. The molecule has 0 aromatic heterocycles. The second-order valence-electron chi connectivity index (χ2n) is 5.87. The number of carbonyl (C=O) groups excluding carboxylic acids is 2. The molecule has 0 aliphatic carbocycles. The van der Waals surface area contributed by atoms with Crippen molar-refractivity contribution in [3.05, 3.63) is 54.1 Å². The molecule has 0 radical (unpaired) electrons. The molecule has 5 heteroatoms. The van der Waals surface area contributed by atoms with Crippen molar-refractivity contribution in [2.75, 3.05) is 0 Å². The zero-order chi connectivity index (χ0) is 17.6. The molecule has 1 atom stereocenters. The highest BCUT2D eigenvalue weighted by Crippen LogP contribution is 2.23. The minimum absolute atomic E-state index is 0.296. The van der Waals surface area contributed by atoms with Crippen LogP contribution in [0.25, 0.3) is 6.08 Å². The van der Waals surface area contributed by atoms with E-state index in [-0.39, 0.29) is 0 Å². The minimum Gasteiger partial charge on any atom is -0.480 e. The van der Waals surface area contributed by atoms with Crippen LogP contribution in [0.5, 0.6) is 0 Å². The van der Waals surface area contributed by atoms with Crippen molar-refractivity contribution in [2.45, 2.75) is 32.3 Å². The van der Waals surface area contributed by atoms with Gasteiger partial charge in [-0.3, -0.25) is 9.59 Å². The third-order valence-electron chi connectivity index (χ3n) is 2.85. The summed E-state index contributed by atoms with van der Waals surface area (Å²) >= 11 is 0. The monoisotopic (exact) mass is 316 g/mol. The van der Waals surface area contributed by atoms with E-state index >= 15 is 0 Å². The van der Waals surface area contributed by atoms with Crippen LogP contribution < -0.4 is 0 Å². The number of ketones is 1. The van der Waals surface area contributed by atoms with Crippen molar-refractivity contribution in [3.63, 3.8) is 0 Å². The second-order valence-corrected chi connectivity index (χ2v) is 5.87. The number of rotatable bonds is 6. The first-order chi connectivity index (χ1) is 10.7. The molecule has 0 aliphatic rings. The first kappa shape index (κ1) is 18.4. The molecule has 0 saturated heterocycles. The molecule has 0 heterocycles. The Kier molecular flexibility index (Phi) is 6.02. The third kappa shape index (κ3) is 5.54. The largest absolute Gasteiger partial charge is 0.480 e. The summed E-state index contributed by atoms with van der Waals surface area (Å²) in [6, 6.07) is 6.49. The van der Waals surface area contributed by atoms with Crippen LogP contribution in [0.3, 0.4) is 0 Å². The summed E-state index contributed by atoms with van der Waals surface area (Å²) in [6.07, 6.45) is 3.63. The van der Waals surface area contributed by atoms with Gasteiger partial charge in [-0.05, 0) is 44.1 Å². The maximum absolute atomic E-state index is 11.8. The van der Waals surface area contributed by atoms with Crippen LogP contribution in [0.1, 0.15) is 37.8 Å². The van der Waals surface area contributed by atoms with E-state index in [1.807, 2.05) is 0 Å². The standard InChI is InChI=1S/C18H20O5/c1-5-14(19)16(17(21)22)13-9-7-6-8-12(13)10-11-15(20)23-18(2,3)4/h5-11,16H,1H2,2-4H3,(H,21,22). The van der Waals surface area contributed by atoms with Crippen molar-refractivity contribution < 1.29 is 24.2 Å². The summed E-state index contributed by atoms with van der Waals surface area (Å²) < 4.78 is 5.15. The molecule has 23 heavy (non-hydrogen) atoms. The Hall–Kier alpha value is -2.69. The van der Waals surface area contributed by atoms with E-state index in [4.69, 9.17) is 4.74 Å². The Morgan fingerprint density at radius 3 is 2.35 bits per heavy atom. The molecule has 0 aliphatic heterocycles. The quantitative estimate of drug-likeness (QED) is 0.496. The van der Waals surface area contributed by atoms with Crippen LogP contribution in [0.15, 0.2) is 43.0 Å². The predicted octanol–water partition coefficient (Wildman–Crippen LogP) is 2.96. The van der Waals surface area contributed by atoms with Gasteiger partial charge in [-0.2, -0.15) is 0 Å². The molecule has 1 rings (SSSR count). The van der Waals surface area contributed by atoms with Crippen LogP contribution in [0, 0.1) is 0 Å². The Morgan fingerprint density at radius 2 is 1.83 bits per heavy atom. The predicted molar refractivity (Wildman–Crippen MR) is 86.9 cm³/mol. The summed E-state index contributed by atoms with van der Waals surface area (Å²) in [5.41, 5.74) is 0.134. The topological polar surface area (TPSA) is 80.7 Å². The SMILES string of the molecule is C=CC(=O)C(C(=O)O)c1ccccc1C=CC(=O)OC(C)(C)C. The number of carboxylic acids is 1. The molecule has 0 bridgehead atoms. The third-order valence-corrected chi connectivity index (χ3v) is 2.85. The summed E-state index contributed by atoms with van der Waals surface area (Å²) in [5, 5.41) is 9.30. The molecule has 1 aromatic carbocycles. The smallest absolute Gasteiger partial charge is 0.331 e. The van der Waals surface area contributed by atoms with E-state index in [1.54, 1.807) is 39.0 Å². The van der Waals surface area contributed by atoms with Gasteiger partial charge in [0.2, 0.25) is 0 Å². The number of hydrogen-bond acceptors (Lipinski definition) is 4. The van der Waals surface area contributed by atoms with Crippen molar-refractivity contribution in [1.29, 1.82) is 0 Å². The molecule has 1 aromatic rings. The van der Waals surface area contributed by atoms with Gasteiger partial charge in [-0.15, -0.1) is 0 Å². The van der Waals surface area contributed by atoms with E-state index in [9.17, 15) is 19.5 Å². The molecule has 1 N–H and O–H groups in total. The number of carboxylic acid groups (broad SMARTS) is 1. The van der Waals surface area contributed by atoms with Crippen molar-refractivity contribution >= 4 is 23.8 Å². The summed E-state index contributed by atoms with van der Waals surface area (Å²) in [5.74, 6) is -3.79. The average Bonchev–Trinajstić information content (AvgIpc) is 2.44. The number of esters is 1. The van der Waals surface area contributed by atoms with Crippen LogP contribution in [0.2, 0.25) is 0 Å². The lowest BCUT2D eigenvalue weighted by Crippen LogP contribution is -2.22. The molecular formula is C18H20O5. The first-order valence-corrected chi connectivity index (χ1v) is 7.05. The van der Waals surface area contributed by atoms with Gasteiger partial charge in [-0.1, -0.05) is 30.8 Å². The Balaban J connectivity index is 3.15. The lowest BCUT2D eigenvalue weighted by atomic mass is 9.90. The van der Waals surface area contributed by atoms with E-state index in [0.29, 0.717) is 11.1 Å². The van der Waals surface area contributed by atoms with Crippen LogP contribution >= 0.6 is 0 Å². The summed E-state index contributed by atoms with van der Waals surface area (Å²) in [4.78, 5) is 34.9. The summed E-state index contributed by atoms with van der Waals surface area (Å²) in [6.45, 7) is 8.57.